The molecule has 0 radical (unpaired) electrons. The standard InChI is InChI=1S/C13H18N2O/c1-3-13(14)8-12(13)10-4-6-11(7-5-10)15-9(2)16/h4-7,12H,3,8,14H2,1-2H3,(H,15,16). The first-order valence-corrected chi connectivity index (χ1v) is 5.71. The maximum absolute atomic E-state index is 10.9. The number of hydrogen-bond acceptors (Lipinski definition) is 2. The number of carbonyl (C=O) groups is 1. The van der Waals surface area contributed by atoms with Gasteiger partial charge in [0.05, 0.1) is 0 Å². The Morgan fingerprint density at radius 1 is 1.50 bits per heavy atom. The molecule has 1 fully saturated rings. The Balaban J connectivity index is 2.06. The molecule has 0 aromatic heterocycles. The van der Waals surface area contributed by atoms with E-state index < -0.39 is 0 Å². The van der Waals surface area contributed by atoms with Gasteiger partial charge in [0.15, 0.2) is 0 Å². The predicted octanol–water partition coefficient (Wildman–Crippen LogP) is 2.24. The number of carbonyl (C=O) groups excluding carboxylic acids is 1. The number of anilines is 1. The topological polar surface area (TPSA) is 55.1 Å². The molecule has 16 heavy (non-hydrogen) atoms. The summed E-state index contributed by atoms with van der Waals surface area (Å²) in [5.41, 5.74) is 8.30. The van der Waals surface area contributed by atoms with E-state index in [4.69, 9.17) is 5.73 Å². The zero-order valence-corrected chi connectivity index (χ0v) is 9.79. The third-order valence-corrected chi connectivity index (χ3v) is 3.41. The maximum atomic E-state index is 10.9. The maximum Gasteiger partial charge on any atom is 0.221 e. The van der Waals surface area contributed by atoms with E-state index in [9.17, 15) is 4.79 Å². The van der Waals surface area contributed by atoms with Crippen LogP contribution in [0.25, 0.3) is 0 Å². The average molecular weight is 218 g/mol. The quantitative estimate of drug-likeness (QED) is 0.817. The molecular formula is C13H18N2O. The minimum absolute atomic E-state index is 0.00945. The molecule has 2 atom stereocenters. The van der Waals surface area contributed by atoms with Crippen LogP contribution in [0.5, 0.6) is 0 Å². The van der Waals surface area contributed by atoms with Gasteiger partial charge in [-0.15, -0.1) is 0 Å². The zero-order chi connectivity index (χ0) is 11.8. The summed E-state index contributed by atoms with van der Waals surface area (Å²) in [4.78, 5) is 10.9. The predicted molar refractivity (Wildman–Crippen MR) is 65.3 cm³/mol. The molecule has 1 aliphatic rings. The van der Waals surface area contributed by atoms with Crippen molar-refractivity contribution in [3.8, 4) is 0 Å². The lowest BCUT2D eigenvalue weighted by molar-refractivity contribution is -0.114. The van der Waals surface area contributed by atoms with E-state index in [0.29, 0.717) is 5.92 Å². The molecule has 0 saturated heterocycles. The van der Waals surface area contributed by atoms with Gasteiger partial charge in [0.1, 0.15) is 0 Å². The number of nitrogens with one attached hydrogen (secondary N) is 1. The van der Waals surface area contributed by atoms with Crippen LogP contribution in [-0.2, 0) is 4.79 Å². The van der Waals surface area contributed by atoms with Crippen LogP contribution in [0.2, 0.25) is 0 Å². The van der Waals surface area contributed by atoms with Gasteiger partial charge >= 0.3 is 0 Å². The molecule has 1 aromatic carbocycles. The normalized spacial score (nSPS) is 27.6. The molecule has 1 aliphatic carbocycles. The van der Waals surface area contributed by atoms with Gasteiger partial charge in [-0.25, -0.2) is 0 Å². The molecule has 2 rings (SSSR count). The van der Waals surface area contributed by atoms with Gasteiger partial charge in [-0.2, -0.15) is 0 Å². The Labute approximate surface area is 96.0 Å². The van der Waals surface area contributed by atoms with E-state index in [-0.39, 0.29) is 11.4 Å². The van der Waals surface area contributed by atoms with Crippen LogP contribution >= 0.6 is 0 Å². The van der Waals surface area contributed by atoms with Crippen molar-refractivity contribution in [1.82, 2.24) is 0 Å². The highest BCUT2D eigenvalue weighted by Gasteiger charge is 2.49. The third kappa shape index (κ3) is 2.09. The molecule has 3 nitrogen and oxygen atoms in total. The fourth-order valence-electron chi connectivity index (χ4n) is 2.16. The van der Waals surface area contributed by atoms with Crippen LogP contribution < -0.4 is 11.1 Å². The summed E-state index contributed by atoms with van der Waals surface area (Å²) >= 11 is 0. The highest BCUT2D eigenvalue weighted by molar-refractivity contribution is 5.88. The molecule has 3 N–H and O–H groups in total. The number of hydrogen-bond donors (Lipinski definition) is 2. The molecule has 0 aliphatic heterocycles. The molecule has 3 heteroatoms. The van der Waals surface area contributed by atoms with Crippen molar-refractivity contribution in [3.05, 3.63) is 29.8 Å². The monoisotopic (exact) mass is 218 g/mol. The first-order valence-electron chi connectivity index (χ1n) is 5.71. The van der Waals surface area contributed by atoms with E-state index >= 15 is 0 Å². The molecule has 1 saturated carbocycles. The van der Waals surface area contributed by atoms with Crippen LogP contribution in [0.3, 0.4) is 0 Å². The van der Waals surface area contributed by atoms with Crippen molar-refractivity contribution >= 4 is 11.6 Å². The second-order valence-corrected chi connectivity index (χ2v) is 4.65. The van der Waals surface area contributed by atoms with Crippen molar-refractivity contribution in [3.63, 3.8) is 0 Å². The Kier molecular flexibility index (Phi) is 2.72. The fraction of sp³-hybridized carbons (Fsp3) is 0.462. The van der Waals surface area contributed by atoms with E-state index in [1.165, 1.54) is 12.5 Å². The lowest BCUT2D eigenvalue weighted by Crippen LogP contribution is -2.22. The molecule has 1 aromatic rings. The van der Waals surface area contributed by atoms with Crippen LogP contribution in [0.4, 0.5) is 5.69 Å². The highest BCUT2D eigenvalue weighted by atomic mass is 16.1. The Morgan fingerprint density at radius 2 is 2.12 bits per heavy atom. The zero-order valence-electron chi connectivity index (χ0n) is 9.79. The van der Waals surface area contributed by atoms with Crippen LogP contribution in [-0.4, -0.2) is 11.4 Å². The number of amides is 1. The van der Waals surface area contributed by atoms with Gasteiger partial charge < -0.3 is 11.1 Å². The average Bonchev–Trinajstić information content (AvgIpc) is 2.92. The summed E-state index contributed by atoms with van der Waals surface area (Å²) in [6.45, 7) is 3.64. The minimum atomic E-state index is -0.0408. The van der Waals surface area contributed by atoms with Crippen LogP contribution in [0.1, 0.15) is 38.2 Å². The fourth-order valence-corrected chi connectivity index (χ4v) is 2.16. The van der Waals surface area contributed by atoms with Gasteiger partial charge in [0, 0.05) is 24.1 Å². The van der Waals surface area contributed by atoms with E-state index in [1.807, 2.05) is 12.1 Å². The van der Waals surface area contributed by atoms with E-state index in [0.717, 1.165) is 18.5 Å². The SMILES string of the molecule is CCC1(N)CC1c1ccc(NC(C)=O)cc1. The van der Waals surface area contributed by atoms with Crippen LogP contribution in [0, 0.1) is 0 Å². The van der Waals surface area contributed by atoms with Gasteiger partial charge in [-0.3, -0.25) is 4.79 Å². The highest BCUT2D eigenvalue weighted by Crippen LogP contribution is 2.51. The second kappa shape index (κ2) is 3.91. The van der Waals surface area contributed by atoms with Crippen molar-refractivity contribution < 1.29 is 4.79 Å². The number of benzene rings is 1. The molecular weight excluding hydrogens is 200 g/mol. The van der Waals surface area contributed by atoms with Crippen LogP contribution in [0.15, 0.2) is 24.3 Å². The largest absolute Gasteiger partial charge is 0.326 e. The van der Waals surface area contributed by atoms with Gasteiger partial charge in [0.25, 0.3) is 0 Å². The van der Waals surface area contributed by atoms with E-state index in [2.05, 4.69) is 24.4 Å². The summed E-state index contributed by atoms with van der Waals surface area (Å²) < 4.78 is 0. The molecule has 0 heterocycles. The number of nitrogens with two attached hydrogens (primary N) is 1. The summed E-state index contributed by atoms with van der Waals surface area (Å²) in [6.07, 6.45) is 2.09. The van der Waals surface area contributed by atoms with Gasteiger partial charge in [-0.05, 0) is 30.5 Å². The molecule has 0 spiro atoms. The molecule has 0 bridgehead atoms. The molecule has 2 unspecified atom stereocenters. The number of rotatable bonds is 3. The second-order valence-electron chi connectivity index (χ2n) is 4.65. The summed E-state index contributed by atoms with van der Waals surface area (Å²) in [6, 6.07) is 7.98. The van der Waals surface area contributed by atoms with Crippen molar-refractivity contribution in [1.29, 1.82) is 0 Å². The Hall–Kier alpha value is -1.35. The minimum Gasteiger partial charge on any atom is -0.326 e. The van der Waals surface area contributed by atoms with Crippen molar-refractivity contribution in [2.24, 2.45) is 5.73 Å². The van der Waals surface area contributed by atoms with Crippen molar-refractivity contribution in [2.75, 3.05) is 5.32 Å². The molecule has 86 valence electrons. The lowest BCUT2D eigenvalue weighted by atomic mass is 10.0. The molecule has 1 amide bonds. The Bertz CT molecular complexity index is 399. The van der Waals surface area contributed by atoms with E-state index in [1.54, 1.807) is 0 Å². The lowest BCUT2D eigenvalue weighted by Gasteiger charge is -2.08. The van der Waals surface area contributed by atoms with Gasteiger partial charge in [-0.1, -0.05) is 19.1 Å². The first-order chi connectivity index (χ1) is 7.55. The summed E-state index contributed by atoms with van der Waals surface area (Å²) in [5, 5.41) is 2.76. The smallest absolute Gasteiger partial charge is 0.221 e. The van der Waals surface area contributed by atoms with Gasteiger partial charge in [0.2, 0.25) is 5.91 Å². The summed E-state index contributed by atoms with van der Waals surface area (Å²) in [5.74, 6) is 0.449. The summed E-state index contributed by atoms with van der Waals surface area (Å²) in [7, 11) is 0. The Morgan fingerprint density at radius 3 is 2.56 bits per heavy atom. The third-order valence-electron chi connectivity index (χ3n) is 3.41. The first kappa shape index (κ1) is 11.1. The van der Waals surface area contributed by atoms with Crippen molar-refractivity contribution in [2.45, 2.75) is 38.1 Å².